The first-order valence-corrected chi connectivity index (χ1v) is 26.6. The first kappa shape index (κ1) is 59.4. The highest BCUT2D eigenvalue weighted by atomic mass is 16.6. The maximum absolute atomic E-state index is 12.8. The van der Waals surface area contributed by atoms with E-state index in [9.17, 15) is 14.4 Å². The predicted octanol–water partition coefficient (Wildman–Crippen LogP) is 17.5. The molecule has 0 amide bonds. The second kappa shape index (κ2) is 51.0. The van der Waals surface area contributed by atoms with E-state index < -0.39 is 6.10 Å². The number of esters is 3. The molecule has 0 saturated carbocycles. The molecule has 62 heavy (non-hydrogen) atoms. The standard InChI is InChI=1S/C56H100O6/c1-4-7-10-13-16-19-22-25-27-28-30-31-34-37-40-43-46-49-55(58)61-52-53(51-60-54(57)48-45-42-39-36-33-24-21-18-15-12-9-6-3)62-56(59)50-47-44-41-38-35-32-29-26-23-20-17-14-11-8-5-2/h25-27,29-31,37,40,53H,4-24,28,32-36,38-39,41-52H2,1-3H3/b27-25-,29-26-,31-30-,40-37-/t53-/m0/s1. The maximum atomic E-state index is 12.8. The van der Waals surface area contributed by atoms with Gasteiger partial charge in [-0.25, -0.2) is 0 Å². The first-order chi connectivity index (χ1) is 30.5. The van der Waals surface area contributed by atoms with Gasteiger partial charge in [-0.1, -0.05) is 223 Å². The van der Waals surface area contributed by atoms with Gasteiger partial charge in [0.2, 0.25) is 0 Å². The molecule has 0 spiro atoms. The third-order valence-corrected chi connectivity index (χ3v) is 11.6. The molecule has 0 aromatic rings. The van der Waals surface area contributed by atoms with E-state index in [0.717, 1.165) is 70.6 Å². The SMILES string of the molecule is CCCCCCCC/C=C\C/C=C\C/C=C\CCCC(=O)OC[C@H](COC(=O)CCCCCCCCCCCCCC)OC(=O)CCCCCCC/C=C\CCCCCCCC. The topological polar surface area (TPSA) is 78.9 Å². The zero-order valence-electron chi connectivity index (χ0n) is 41.1. The van der Waals surface area contributed by atoms with Crippen molar-refractivity contribution in [2.45, 2.75) is 277 Å². The third-order valence-electron chi connectivity index (χ3n) is 11.6. The average Bonchev–Trinajstić information content (AvgIpc) is 3.27. The highest BCUT2D eigenvalue weighted by Gasteiger charge is 2.19. The van der Waals surface area contributed by atoms with Crippen LogP contribution in [0.5, 0.6) is 0 Å². The van der Waals surface area contributed by atoms with Crippen molar-refractivity contribution >= 4 is 17.9 Å². The van der Waals surface area contributed by atoms with Crippen molar-refractivity contribution in [2.75, 3.05) is 13.2 Å². The Morgan fingerprint density at radius 3 is 0.984 bits per heavy atom. The Morgan fingerprint density at radius 1 is 0.323 bits per heavy atom. The highest BCUT2D eigenvalue weighted by molar-refractivity contribution is 5.71. The Bertz CT molecular complexity index is 1090. The van der Waals surface area contributed by atoms with Crippen LogP contribution in [0, 0.1) is 0 Å². The molecular weight excluding hydrogens is 769 g/mol. The molecule has 0 N–H and O–H groups in total. The fourth-order valence-electron chi connectivity index (χ4n) is 7.51. The van der Waals surface area contributed by atoms with Gasteiger partial charge in [-0.2, -0.15) is 0 Å². The summed E-state index contributed by atoms with van der Waals surface area (Å²) < 4.78 is 16.8. The summed E-state index contributed by atoms with van der Waals surface area (Å²) in [5.41, 5.74) is 0. The van der Waals surface area contributed by atoms with Gasteiger partial charge in [-0.15, -0.1) is 0 Å². The summed E-state index contributed by atoms with van der Waals surface area (Å²) >= 11 is 0. The lowest BCUT2D eigenvalue weighted by molar-refractivity contribution is -0.167. The quantitative estimate of drug-likeness (QED) is 0.0262. The lowest BCUT2D eigenvalue weighted by Crippen LogP contribution is -2.30. The molecule has 6 heteroatoms. The van der Waals surface area contributed by atoms with Crippen LogP contribution in [0.1, 0.15) is 271 Å². The van der Waals surface area contributed by atoms with Crippen LogP contribution in [0.3, 0.4) is 0 Å². The Kier molecular flexibility index (Phi) is 48.8. The molecule has 0 bridgehead atoms. The average molecular weight is 869 g/mol. The van der Waals surface area contributed by atoms with E-state index in [0.29, 0.717) is 19.3 Å². The van der Waals surface area contributed by atoms with Gasteiger partial charge in [0, 0.05) is 19.3 Å². The largest absolute Gasteiger partial charge is 0.462 e. The molecule has 0 fully saturated rings. The van der Waals surface area contributed by atoms with Crippen LogP contribution in [0.4, 0.5) is 0 Å². The van der Waals surface area contributed by atoms with Crippen molar-refractivity contribution < 1.29 is 28.6 Å². The minimum Gasteiger partial charge on any atom is -0.462 e. The smallest absolute Gasteiger partial charge is 0.306 e. The second-order valence-electron chi connectivity index (χ2n) is 17.8. The molecule has 0 aliphatic carbocycles. The van der Waals surface area contributed by atoms with Crippen LogP contribution in [0.15, 0.2) is 48.6 Å². The number of carbonyl (C=O) groups excluding carboxylic acids is 3. The molecular formula is C56H100O6. The van der Waals surface area contributed by atoms with E-state index >= 15 is 0 Å². The highest BCUT2D eigenvalue weighted by Crippen LogP contribution is 2.15. The summed E-state index contributed by atoms with van der Waals surface area (Å²) in [6, 6.07) is 0. The Morgan fingerprint density at radius 2 is 0.597 bits per heavy atom. The lowest BCUT2D eigenvalue weighted by Gasteiger charge is -2.18. The van der Waals surface area contributed by atoms with Crippen molar-refractivity contribution in [3.8, 4) is 0 Å². The van der Waals surface area contributed by atoms with E-state index in [1.807, 2.05) is 0 Å². The van der Waals surface area contributed by atoms with Gasteiger partial charge >= 0.3 is 17.9 Å². The maximum Gasteiger partial charge on any atom is 0.306 e. The van der Waals surface area contributed by atoms with Gasteiger partial charge < -0.3 is 14.2 Å². The van der Waals surface area contributed by atoms with Crippen molar-refractivity contribution in [2.24, 2.45) is 0 Å². The summed E-state index contributed by atoms with van der Waals surface area (Å²) in [7, 11) is 0. The van der Waals surface area contributed by atoms with Gasteiger partial charge in [0.1, 0.15) is 13.2 Å². The summed E-state index contributed by atoms with van der Waals surface area (Å²) in [5.74, 6) is -0.945. The second-order valence-corrected chi connectivity index (χ2v) is 17.8. The molecule has 6 nitrogen and oxygen atoms in total. The molecule has 0 aromatic heterocycles. The Hall–Kier alpha value is -2.63. The van der Waals surface area contributed by atoms with Crippen LogP contribution in [-0.2, 0) is 28.6 Å². The summed E-state index contributed by atoms with van der Waals surface area (Å²) in [6.07, 6.45) is 61.0. The normalized spacial score (nSPS) is 12.4. The zero-order chi connectivity index (χ0) is 45.1. The number of ether oxygens (including phenoxy) is 3. The van der Waals surface area contributed by atoms with E-state index in [1.54, 1.807) is 0 Å². The molecule has 0 aromatic carbocycles. The molecule has 1 atom stereocenters. The van der Waals surface area contributed by atoms with E-state index in [-0.39, 0.29) is 37.5 Å². The molecule has 0 rings (SSSR count). The van der Waals surface area contributed by atoms with Gasteiger partial charge in [-0.3, -0.25) is 14.4 Å². The Labute approximate surface area is 384 Å². The van der Waals surface area contributed by atoms with Crippen LogP contribution < -0.4 is 0 Å². The number of hydrogen-bond acceptors (Lipinski definition) is 6. The number of allylic oxidation sites excluding steroid dienone is 8. The van der Waals surface area contributed by atoms with Gasteiger partial charge in [-0.05, 0) is 77.0 Å². The third kappa shape index (κ3) is 48.4. The first-order valence-electron chi connectivity index (χ1n) is 26.6. The van der Waals surface area contributed by atoms with Crippen molar-refractivity contribution in [1.82, 2.24) is 0 Å². The monoisotopic (exact) mass is 869 g/mol. The van der Waals surface area contributed by atoms with E-state index in [4.69, 9.17) is 14.2 Å². The number of carbonyl (C=O) groups is 3. The minimum atomic E-state index is -0.794. The lowest BCUT2D eigenvalue weighted by atomic mass is 10.0. The van der Waals surface area contributed by atoms with Gasteiger partial charge in [0.05, 0.1) is 0 Å². The Balaban J connectivity index is 4.44. The summed E-state index contributed by atoms with van der Waals surface area (Å²) in [6.45, 7) is 6.59. The summed E-state index contributed by atoms with van der Waals surface area (Å²) in [5, 5.41) is 0. The van der Waals surface area contributed by atoms with Gasteiger partial charge in [0.25, 0.3) is 0 Å². The molecule has 0 heterocycles. The minimum absolute atomic E-state index is 0.0896. The van der Waals surface area contributed by atoms with Crippen molar-refractivity contribution in [1.29, 1.82) is 0 Å². The molecule has 0 aliphatic heterocycles. The predicted molar refractivity (Wildman–Crippen MR) is 265 cm³/mol. The van der Waals surface area contributed by atoms with E-state index in [1.165, 1.54) is 154 Å². The summed E-state index contributed by atoms with van der Waals surface area (Å²) in [4.78, 5) is 38.0. The number of rotatable bonds is 48. The van der Waals surface area contributed by atoms with Crippen molar-refractivity contribution in [3.05, 3.63) is 48.6 Å². The number of unbranched alkanes of at least 4 members (excludes halogenated alkanes) is 29. The van der Waals surface area contributed by atoms with Crippen molar-refractivity contribution in [3.63, 3.8) is 0 Å². The van der Waals surface area contributed by atoms with Crippen LogP contribution in [0.2, 0.25) is 0 Å². The number of hydrogen-bond donors (Lipinski definition) is 0. The molecule has 360 valence electrons. The molecule has 0 saturated heterocycles. The zero-order valence-corrected chi connectivity index (χ0v) is 41.1. The fourth-order valence-corrected chi connectivity index (χ4v) is 7.51. The van der Waals surface area contributed by atoms with Crippen LogP contribution >= 0.6 is 0 Å². The molecule has 0 aliphatic rings. The van der Waals surface area contributed by atoms with Gasteiger partial charge in [0.15, 0.2) is 6.10 Å². The van der Waals surface area contributed by atoms with E-state index in [2.05, 4.69) is 69.4 Å². The van der Waals surface area contributed by atoms with Crippen LogP contribution in [0.25, 0.3) is 0 Å². The molecule has 0 unspecified atom stereocenters. The van der Waals surface area contributed by atoms with Crippen LogP contribution in [-0.4, -0.2) is 37.2 Å². The fraction of sp³-hybridized carbons (Fsp3) is 0.804. The molecule has 0 radical (unpaired) electrons.